The van der Waals surface area contributed by atoms with E-state index in [1.165, 1.54) is 0 Å². The SMILES string of the molecule is CC(C)CCOc1cccc(C(=O)Oc2ccc(C(=O)OCCOc3ccccc3)cc2)c1. The molecule has 3 rings (SSSR count). The molecule has 3 aromatic carbocycles. The van der Waals surface area contributed by atoms with Crippen molar-refractivity contribution in [2.24, 2.45) is 5.92 Å². The molecule has 33 heavy (non-hydrogen) atoms. The first-order valence-corrected chi connectivity index (χ1v) is 10.9. The fourth-order valence-corrected chi connectivity index (χ4v) is 2.84. The Labute approximate surface area is 194 Å². The summed E-state index contributed by atoms with van der Waals surface area (Å²) in [7, 11) is 0. The molecule has 0 spiro atoms. The molecule has 172 valence electrons. The van der Waals surface area contributed by atoms with Crippen LogP contribution in [0.2, 0.25) is 0 Å². The summed E-state index contributed by atoms with van der Waals surface area (Å²) in [5.41, 5.74) is 0.744. The van der Waals surface area contributed by atoms with Gasteiger partial charge in [0.15, 0.2) is 0 Å². The Bertz CT molecular complexity index is 1030. The van der Waals surface area contributed by atoms with Crippen LogP contribution in [0.1, 0.15) is 41.0 Å². The van der Waals surface area contributed by atoms with Crippen molar-refractivity contribution in [2.45, 2.75) is 20.3 Å². The highest BCUT2D eigenvalue weighted by molar-refractivity contribution is 5.92. The van der Waals surface area contributed by atoms with Gasteiger partial charge in [-0.3, -0.25) is 0 Å². The van der Waals surface area contributed by atoms with Gasteiger partial charge in [-0.1, -0.05) is 38.1 Å². The lowest BCUT2D eigenvalue weighted by Gasteiger charge is -2.10. The van der Waals surface area contributed by atoms with Gasteiger partial charge in [0.2, 0.25) is 0 Å². The summed E-state index contributed by atoms with van der Waals surface area (Å²) < 4.78 is 21.8. The zero-order valence-corrected chi connectivity index (χ0v) is 18.9. The molecule has 0 atom stereocenters. The third-order valence-corrected chi connectivity index (χ3v) is 4.66. The van der Waals surface area contributed by atoms with Crippen molar-refractivity contribution < 1.29 is 28.5 Å². The molecule has 0 saturated carbocycles. The van der Waals surface area contributed by atoms with Gasteiger partial charge >= 0.3 is 11.9 Å². The maximum absolute atomic E-state index is 12.5. The molecule has 6 heteroatoms. The van der Waals surface area contributed by atoms with Crippen LogP contribution in [0.4, 0.5) is 0 Å². The lowest BCUT2D eigenvalue weighted by atomic mass is 10.1. The Kier molecular flexibility index (Phi) is 8.88. The van der Waals surface area contributed by atoms with Gasteiger partial charge in [-0.2, -0.15) is 0 Å². The minimum absolute atomic E-state index is 0.125. The van der Waals surface area contributed by atoms with Crippen molar-refractivity contribution in [1.82, 2.24) is 0 Å². The van der Waals surface area contributed by atoms with Crippen LogP contribution in [0.25, 0.3) is 0 Å². The molecule has 0 heterocycles. The highest BCUT2D eigenvalue weighted by atomic mass is 16.6. The normalized spacial score (nSPS) is 10.5. The van der Waals surface area contributed by atoms with E-state index in [9.17, 15) is 9.59 Å². The Morgan fingerprint density at radius 2 is 1.36 bits per heavy atom. The zero-order valence-electron chi connectivity index (χ0n) is 18.9. The minimum atomic E-state index is -0.502. The lowest BCUT2D eigenvalue weighted by molar-refractivity contribution is 0.0450. The first kappa shape index (κ1) is 23.9. The number of ether oxygens (including phenoxy) is 4. The van der Waals surface area contributed by atoms with Crippen molar-refractivity contribution in [3.63, 3.8) is 0 Å². The molecular formula is C27H28O6. The summed E-state index contributed by atoms with van der Waals surface area (Å²) >= 11 is 0. The predicted octanol–water partition coefficient (Wildman–Crippen LogP) is 5.57. The molecule has 0 aliphatic carbocycles. The first-order valence-electron chi connectivity index (χ1n) is 10.9. The minimum Gasteiger partial charge on any atom is -0.494 e. The van der Waals surface area contributed by atoms with E-state index in [1.54, 1.807) is 42.5 Å². The molecule has 0 fully saturated rings. The number of carbonyl (C=O) groups excluding carboxylic acids is 2. The van der Waals surface area contributed by atoms with Crippen LogP contribution in [0, 0.1) is 5.92 Å². The average Bonchev–Trinajstić information content (AvgIpc) is 2.83. The maximum Gasteiger partial charge on any atom is 0.343 e. The standard InChI is InChI=1S/C27H28O6/c1-20(2)15-16-30-25-10-6-7-22(19-25)27(29)33-24-13-11-21(12-14-24)26(28)32-18-17-31-23-8-4-3-5-9-23/h3-14,19-20H,15-18H2,1-2H3. The van der Waals surface area contributed by atoms with Crippen molar-refractivity contribution in [1.29, 1.82) is 0 Å². The van der Waals surface area contributed by atoms with Crippen LogP contribution in [0.5, 0.6) is 17.2 Å². The summed E-state index contributed by atoms with van der Waals surface area (Å²) in [6, 6.07) is 22.4. The maximum atomic E-state index is 12.5. The number of esters is 2. The average molecular weight is 449 g/mol. The van der Waals surface area contributed by atoms with Crippen molar-refractivity contribution in [2.75, 3.05) is 19.8 Å². The highest BCUT2D eigenvalue weighted by Gasteiger charge is 2.12. The Hall–Kier alpha value is -3.80. The third-order valence-electron chi connectivity index (χ3n) is 4.66. The van der Waals surface area contributed by atoms with Gasteiger partial charge in [0, 0.05) is 0 Å². The van der Waals surface area contributed by atoms with E-state index < -0.39 is 11.9 Å². The zero-order chi connectivity index (χ0) is 23.5. The second-order valence-corrected chi connectivity index (χ2v) is 7.77. The Morgan fingerprint density at radius 1 is 0.667 bits per heavy atom. The molecular weight excluding hydrogens is 420 g/mol. The predicted molar refractivity (Wildman–Crippen MR) is 125 cm³/mol. The first-order chi connectivity index (χ1) is 16.0. The molecule has 6 nitrogen and oxygen atoms in total. The van der Waals surface area contributed by atoms with E-state index in [1.807, 2.05) is 36.4 Å². The third kappa shape index (κ3) is 8.00. The van der Waals surface area contributed by atoms with Crippen LogP contribution in [0.3, 0.4) is 0 Å². The van der Waals surface area contributed by atoms with Gasteiger partial charge < -0.3 is 18.9 Å². The van der Waals surface area contributed by atoms with E-state index in [0.29, 0.717) is 40.9 Å². The molecule has 0 N–H and O–H groups in total. The fourth-order valence-electron chi connectivity index (χ4n) is 2.84. The molecule has 0 aliphatic heterocycles. The Morgan fingerprint density at radius 3 is 2.09 bits per heavy atom. The van der Waals surface area contributed by atoms with Gasteiger partial charge in [-0.05, 0) is 66.9 Å². The molecule has 0 saturated heterocycles. The second-order valence-electron chi connectivity index (χ2n) is 7.77. The molecule has 0 radical (unpaired) electrons. The van der Waals surface area contributed by atoms with Crippen LogP contribution in [0.15, 0.2) is 78.9 Å². The monoisotopic (exact) mass is 448 g/mol. The molecule has 0 unspecified atom stereocenters. The summed E-state index contributed by atoms with van der Waals surface area (Å²) in [6.45, 7) is 5.23. The van der Waals surface area contributed by atoms with E-state index in [-0.39, 0.29) is 13.2 Å². The largest absolute Gasteiger partial charge is 0.494 e. The van der Waals surface area contributed by atoms with Crippen LogP contribution < -0.4 is 14.2 Å². The molecule has 0 aliphatic rings. The summed E-state index contributed by atoms with van der Waals surface area (Å²) in [5, 5.41) is 0. The molecule has 0 bridgehead atoms. The summed E-state index contributed by atoms with van der Waals surface area (Å²) in [5.74, 6) is 1.23. The topological polar surface area (TPSA) is 71.1 Å². The fraction of sp³-hybridized carbons (Fsp3) is 0.259. The summed E-state index contributed by atoms with van der Waals surface area (Å²) in [4.78, 5) is 24.7. The van der Waals surface area contributed by atoms with E-state index in [0.717, 1.165) is 6.42 Å². The van der Waals surface area contributed by atoms with E-state index in [2.05, 4.69) is 13.8 Å². The molecule has 0 aromatic heterocycles. The number of para-hydroxylation sites is 1. The smallest absolute Gasteiger partial charge is 0.343 e. The van der Waals surface area contributed by atoms with Crippen molar-refractivity contribution in [3.05, 3.63) is 90.0 Å². The van der Waals surface area contributed by atoms with Crippen LogP contribution in [-0.2, 0) is 4.74 Å². The number of benzene rings is 3. The molecule has 3 aromatic rings. The van der Waals surface area contributed by atoms with Gasteiger partial charge in [0.05, 0.1) is 17.7 Å². The van der Waals surface area contributed by atoms with Gasteiger partial charge in [0.1, 0.15) is 30.5 Å². The van der Waals surface area contributed by atoms with Crippen LogP contribution in [-0.4, -0.2) is 31.8 Å². The number of rotatable bonds is 11. The highest BCUT2D eigenvalue weighted by Crippen LogP contribution is 2.18. The van der Waals surface area contributed by atoms with Crippen LogP contribution >= 0.6 is 0 Å². The quantitative estimate of drug-likeness (QED) is 0.217. The Balaban J connectivity index is 1.46. The van der Waals surface area contributed by atoms with E-state index in [4.69, 9.17) is 18.9 Å². The van der Waals surface area contributed by atoms with Crippen molar-refractivity contribution in [3.8, 4) is 17.2 Å². The van der Waals surface area contributed by atoms with Crippen molar-refractivity contribution >= 4 is 11.9 Å². The molecule has 0 amide bonds. The van der Waals surface area contributed by atoms with E-state index >= 15 is 0 Å². The van der Waals surface area contributed by atoms with Gasteiger partial charge in [-0.25, -0.2) is 9.59 Å². The second kappa shape index (κ2) is 12.3. The van der Waals surface area contributed by atoms with Gasteiger partial charge in [-0.15, -0.1) is 0 Å². The summed E-state index contributed by atoms with van der Waals surface area (Å²) in [6.07, 6.45) is 0.934. The number of carbonyl (C=O) groups is 2. The van der Waals surface area contributed by atoms with Gasteiger partial charge in [0.25, 0.3) is 0 Å². The number of hydrogen-bond acceptors (Lipinski definition) is 6. The lowest BCUT2D eigenvalue weighted by Crippen LogP contribution is -2.12. The number of hydrogen-bond donors (Lipinski definition) is 0.